The number of thioether (sulfide) groups is 1. The number of nitriles is 1. The topological polar surface area (TPSA) is 70.0 Å². The fraction of sp³-hybridized carbons (Fsp3) is 0.417. The predicted octanol–water partition coefficient (Wildman–Crippen LogP) is 1.73. The third kappa shape index (κ3) is 3.26. The number of sulfonamides is 1. The summed E-state index contributed by atoms with van der Waals surface area (Å²) in [5, 5.41) is 8.86. The molecule has 1 N–H and O–H groups in total. The van der Waals surface area contributed by atoms with Gasteiger partial charge in [0, 0.05) is 6.54 Å². The summed E-state index contributed by atoms with van der Waals surface area (Å²) < 4.78 is 40.0. The molecule has 0 bridgehead atoms. The van der Waals surface area contributed by atoms with Crippen LogP contribution in [0.5, 0.6) is 0 Å². The smallest absolute Gasteiger partial charge is 0.211 e. The molecule has 1 atom stereocenters. The van der Waals surface area contributed by atoms with Gasteiger partial charge in [-0.2, -0.15) is 17.0 Å². The van der Waals surface area contributed by atoms with E-state index in [9.17, 15) is 12.8 Å². The van der Waals surface area contributed by atoms with E-state index in [0.29, 0.717) is 12.5 Å². The highest BCUT2D eigenvalue weighted by molar-refractivity contribution is 7.99. The van der Waals surface area contributed by atoms with E-state index in [2.05, 4.69) is 4.72 Å². The van der Waals surface area contributed by atoms with Crippen LogP contribution in [-0.2, 0) is 10.0 Å². The molecule has 0 aliphatic carbocycles. The molecule has 1 fully saturated rings. The van der Waals surface area contributed by atoms with Crippen molar-refractivity contribution in [2.75, 3.05) is 18.1 Å². The molecule has 1 aromatic carbocycles. The largest absolute Gasteiger partial charge is 0.242 e. The summed E-state index contributed by atoms with van der Waals surface area (Å²) in [6, 6.07) is 5.21. The van der Waals surface area contributed by atoms with E-state index >= 15 is 0 Å². The van der Waals surface area contributed by atoms with Crippen molar-refractivity contribution in [3.05, 3.63) is 29.6 Å². The lowest BCUT2D eigenvalue weighted by molar-refractivity contribution is 0.544. The minimum absolute atomic E-state index is 0.291. The molecule has 1 saturated heterocycles. The van der Waals surface area contributed by atoms with E-state index in [-0.39, 0.29) is 4.90 Å². The van der Waals surface area contributed by atoms with Gasteiger partial charge in [0.2, 0.25) is 10.0 Å². The van der Waals surface area contributed by atoms with Gasteiger partial charge in [-0.1, -0.05) is 6.07 Å². The van der Waals surface area contributed by atoms with Crippen LogP contribution in [-0.4, -0.2) is 26.5 Å². The highest BCUT2D eigenvalue weighted by atomic mass is 32.2. The van der Waals surface area contributed by atoms with Crippen molar-refractivity contribution >= 4 is 21.8 Å². The van der Waals surface area contributed by atoms with Crippen LogP contribution in [0.2, 0.25) is 0 Å². The fourth-order valence-electron chi connectivity index (χ4n) is 1.89. The Kier molecular flexibility index (Phi) is 4.45. The van der Waals surface area contributed by atoms with Gasteiger partial charge in [-0.15, -0.1) is 0 Å². The van der Waals surface area contributed by atoms with Gasteiger partial charge in [-0.25, -0.2) is 17.5 Å². The van der Waals surface area contributed by atoms with Crippen molar-refractivity contribution in [3.8, 4) is 6.07 Å². The van der Waals surface area contributed by atoms with Crippen LogP contribution < -0.4 is 4.72 Å². The molecule has 1 aliphatic heterocycles. The first-order valence-electron chi connectivity index (χ1n) is 5.80. The number of rotatable bonds is 4. The summed E-state index contributed by atoms with van der Waals surface area (Å²) in [6.07, 6.45) is 0.974. The van der Waals surface area contributed by atoms with Crippen LogP contribution in [0.1, 0.15) is 12.0 Å². The number of hydrogen-bond donors (Lipinski definition) is 1. The first-order chi connectivity index (χ1) is 9.04. The Labute approximate surface area is 116 Å². The van der Waals surface area contributed by atoms with E-state index in [0.717, 1.165) is 24.0 Å². The van der Waals surface area contributed by atoms with Gasteiger partial charge in [-0.3, -0.25) is 0 Å². The molecule has 102 valence electrons. The Morgan fingerprint density at radius 3 is 2.95 bits per heavy atom. The molecule has 0 aromatic heterocycles. The van der Waals surface area contributed by atoms with Crippen molar-refractivity contribution in [1.82, 2.24) is 4.72 Å². The van der Waals surface area contributed by atoms with Crippen LogP contribution >= 0.6 is 11.8 Å². The Morgan fingerprint density at radius 2 is 2.32 bits per heavy atom. The fourth-order valence-corrected chi connectivity index (χ4v) is 4.45. The SMILES string of the molecule is N#Cc1c(F)cccc1S(=O)(=O)NCC1CCSC1. The Bertz CT molecular complexity index is 605. The number of nitrogens with one attached hydrogen (secondary N) is 1. The first kappa shape index (κ1) is 14.3. The van der Waals surface area contributed by atoms with Gasteiger partial charge in [0.15, 0.2) is 0 Å². The molecule has 0 saturated carbocycles. The van der Waals surface area contributed by atoms with Crippen LogP contribution in [0.25, 0.3) is 0 Å². The van der Waals surface area contributed by atoms with Crippen molar-refractivity contribution < 1.29 is 12.8 Å². The highest BCUT2D eigenvalue weighted by Gasteiger charge is 2.23. The van der Waals surface area contributed by atoms with E-state index in [1.165, 1.54) is 12.1 Å². The number of benzene rings is 1. The summed E-state index contributed by atoms with van der Waals surface area (Å²) in [6.45, 7) is 0.330. The summed E-state index contributed by atoms with van der Waals surface area (Å²) >= 11 is 1.79. The van der Waals surface area contributed by atoms with E-state index in [4.69, 9.17) is 5.26 Å². The van der Waals surface area contributed by atoms with Crippen molar-refractivity contribution in [2.45, 2.75) is 11.3 Å². The predicted molar refractivity (Wildman–Crippen MR) is 71.7 cm³/mol. The molecule has 7 heteroatoms. The molecular formula is C12H13FN2O2S2. The molecule has 1 unspecified atom stereocenters. The maximum Gasteiger partial charge on any atom is 0.242 e. The zero-order chi connectivity index (χ0) is 13.9. The molecule has 19 heavy (non-hydrogen) atoms. The second-order valence-corrected chi connectivity index (χ2v) is 7.19. The van der Waals surface area contributed by atoms with Crippen molar-refractivity contribution in [2.24, 2.45) is 5.92 Å². The zero-order valence-corrected chi connectivity index (χ0v) is 11.7. The molecule has 1 aliphatic rings. The third-order valence-corrected chi connectivity index (χ3v) is 5.66. The van der Waals surface area contributed by atoms with Crippen LogP contribution in [0.4, 0.5) is 4.39 Å². The van der Waals surface area contributed by atoms with Gasteiger partial charge in [0.05, 0.1) is 0 Å². The quantitative estimate of drug-likeness (QED) is 0.919. The second-order valence-electron chi connectivity index (χ2n) is 4.31. The van der Waals surface area contributed by atoms with Gasteiger partial charge in [-0.05, 0) is 36.0 Å². The summed E-state index contributed by atoms with van der Waals surface area (Å²) in [7, 11) is -3.83. The Hall–Kier alpha value is -1.10. The number of halogens is 1. The highest BCUT2D eigenvalue weighted by Crippen LogP contribution is 2.23. The monoisotopic (exact) mass is 300 g/mol. The molecule has 0 amide bonds. The maximum atomic E-state index is 13.4. The first-order valence-corrected chi connectivity index (χ1v) is 8.44. The maximum absolute atomic E-state index is 13.4. The van der Waals surface area contributed by atoms with E-state index in [1.807, 2.05) is 0 Å². The molecular weight excluding hydrogens is 287 g/mol. The van der Waals surface area contributed by atoms with Crippen LogP contribution in [0, 0.1) is 23.1 Å². The normalized spacial score (nSPS) is 19.3. The minimum atomic E-state index is -3.83. The van der Waals surface area contributed by atoms with E-state index < -0.39 is 21.4 Å². The summed E-state index contributed by atoms with van der Waals surface area (Å²) in [5.41, 5.74) is -0.434. The van der Waals surface area contributed by atoms with Crippen molar-refractivity contribution in [1.29, 1.82) is 5.26 Å². The Morgan fingerprint density at radius 1 is 1.53 bits per heavy atom. The van der Waals surface area contributed by atoms with Crippen LogP contribution in [0.3, 0.4) is 0 Å². The molecule has 1 aromatic rings. The average molecular weight is 300 g/mol. The summed E-state index contributed by atoms with van der Waals surface area (Å²) in [4.78, 5) is -0.291. The molecule has 0 spiro atoms. The minimum Gasteiger partial charge on any atom is -0.211 e. The van der Waals surface area contributed by atoms with Gasteiger partial charge < -0.3 is 0 Å². The van der Waals surface area contributed by atoms with Crippen LogP contribution in [0.15, 0.2) is 23.1 Å². The molecule has 4 nitrogen and oxygen atoms in total. The third-order valence-electron chi connectivity index (χ3n) is 2.96. The van der Waals surface area contributed by atoms with E-state index in [1.54, 1.807) is 17.8 Å². The average Bonchev–Trinajstić information content (AvgIpc) is 2.89. The molecule has 1 heterocycles. The summed E-state index contributed by atoms with van der Waals surface area (Å²) in [5.74, 6) is 1.45. The lowest BCUT2D eigenvalue weighted by Crippen LogP contribution is -2.30. The molecule has 0 radical (unpaired) electrons. The van der Waals surface area contributed by atoms with Gasteiger partial charge >= 0.3 is 0 Å². The Balaban J connectivity index is 2.20. The zero-order valence-electron chi connectivity index (χ0n) is 10.1. The lowest BCUT2D eigenvalue weighted by Gasteiger charge is -2.11. The second kappa shape index (κ2) is 5.90. The van der Waals surface area contributed by atoms with Gasteiger partial charge in [0.25, 0.3) is 0 Å². The standard InChI is InChI=1S/C12H13FN2O2S2/c13-11-2-1-3-12(10(11)6-14)19(16,17)15-7-9-4-5-18-8-9/h1-3,9,15H,4-5,7-8H2. The lowest BCUT2D eigenvalue weighted by atomic mass is 10.1. The molecule has 2 rings (SSSR count). The van der Waals surface area contributed by atoms with Crippen molar-refractivity contribution in [3.63, 3.8) is 0 Å². The van der Waals surface area contributed by atoms with Gasteiger partial charge in [0.1, 0.15) is 22.3 Å². The number of nitrogens with zero attached hydrogens (tertiary/aromatic N) is 1. The number of hydrogen-bond acceptors (Lipinski definition) is 4.